The number of hydrogen-bond donors (Lipinski definition) is 1. The molecule has 2 aromatic rings. The summed E-state index contributed by atoms with van der Waals surface area (Å²) in [5.41, 5.74) is 6.31. The Hall–Kier alpha value is -2.10. The van der Waals surface area contributed by atoms with Gasteiger partial charge in [0.2, 0.25) is 15.8 Å². The molecule has 0 aliphatic carbocycles. The quantitative estimate of drug-likeness (QED) is 0.871. The molecule has 1 aromatic carbocycles. The van der Waals surface area contributed by atoms with Crippen molar-refractivity contribution in [3.8, 4) is 0 Å². The Morgan fingerprint density at radius 2 is 2.12 bits per heavy atom. The van der Waals surface area contributed by atoms with Crippen LogP contribution in [0.5, 0.6) is 0 Å². The number of carbonyl (C=O) groups is 1. The van der Waals surface area contributed by atoms with E-state index in [0.717, 1.165) is 23.8 Å². The average molecular weight is 371 g/mol. The van der Waals surface area contributed by atoms with Gasteiger partial charge in [-0.25, -0.2) is 22.8 Å². The van der Waals surface area contributed by atoms with Crippen molar-refractivity contribution in [2.45, 2.75) is 17.9 Å². The maximum atomic E-state index is 13.2. The smallest absolute Gasteiger partial charge is 0.286 e. The lowest BCUT2D eigenvalue weighted by Crippen LogP contribution is -2.37. The lowest BCUT2D eigenvalue weighted by molar-refractivity contribution is 0.0990. The van der Waals surface area contributed by atoms with Crippen LogP contribution in [0.2, 0.25) is 5.02 Å². The van der Waals surface area contributed by atoms with E-state index in [0.29, 0.717) is 12.1 Å². The van der Waals surface area contributed by atoms with Gasteiger partial charge in [0.1, 0.15) is 5.82 Å². The van der Waals surface area contributed by atoms with Gasteiger partial charge >= 0.3 is 0 Å². The fourth-order valence-corrected chi connectivity index (χ4v) is 4.06. The zero-order valence-electron chi connectivity index (χ0n) is 12.2. The van der Waals surface area contributed by atoms with Crippen molar-refractivity contribution in [3.63, 3.8) is 0 Å². The molecule has 1 aliphatic rings. The van der Waals surface area contributed by atoms with Gasteiger partial charge in [0.15, 0.2) is 0 Å². The van der Waals surface area contributed by atoms with Crippen LogP contribution in [0.3, 0.4) is 0 Å². The van der Waals surface area contributed by atoms with E-state index in [9.17, 15) is 17.6 Å². The van der Waals surface area contributed by atoms with E-state index in [4.69, 9.17) is 17.3 Å². The average Bonchev–Trinajstić information content (AvgIpc) is 2.56. The summed E-state index contributed by atoms with van der Waals surface area (Å²) in [6, 6.07) is 3.22. The number of rotatable bonds is 3. The molecule has 1 aromatic heterocycles. The van der Waals surface area contributed by atoms with Gasteiger partial charge in [0.25, 0.3) is 5.91 Å². The predicted octanol–water partition coefficient (Wildman–Crippen LogP) is 1.11. The fourth-order valence-electron chi connectivity index (χ4n) is 2.39. The van der Waals surface area contributed by atoms with E-state index in [1.165, 1.54) is 10.5 Å². The first kappa shape index (κ1) is 16.7. The highest BCUT2D eigenvalue weighted by molar-refractivity contribution is 7.89. The van der Waals surface area contributed by atoms with Crippen LogP contribution in [0.4, 0.5) is 4.39 Å². The third-order valence-corrected chi connectivity index (χ3v) is 5.79. The van der Waals surface area contributed by atoms with Crippen LogP contribution in [0.25, 0.3) is 0 Å². The van der Waals surface area contributed by atoms with Gasteiger partial charge in [-0.3, -0.25) is 4.79 Å². The molecular weight excluding hydrogens is 359 g/mol. The van der Waals surface area contributed by atoms with Crippen molar-refractivity contribution in [1.29, 1.82) is 0 Å². The second-order valence-electron chi connectivity index (χ2n) is 5.19. The standard InChI is InChI=1S/C14H12ClFN4O3S/c15-10-5-9(1-2-11(10)16)24(22,23)20-4-3-8-6-18-14(13(17)21)19-12(8)7-20/h1-2,5-6H,3-4,7H2,(H2,17,21). The summed E-state index contributed by atoms with van der Waals surface area (Å²) in [5, 5.41) is -0.271. The van der Waals surface area contributed by atoms with Crippen molar-refractivity contribution >= 4 is 27.5 Å². The molecule has 0 radical (unpaired) electrons. The number of nitrogens with zero attached hydrogens (tertiary/aromatic N) is 3. The molecule has 1 aliphatic heterocycles. The first-order valence-electron chi connectivity index (χ1n) is 6.89. The number of benzene rings is 1. The zero-order chi connectivity index (χ0) is 17.5. The second kappa shape index (κ2) is 6.08. The predicted molar refractivity (Wildman–Crippen MR) is 83.3 cm³/mol. The molecule has 2 N–H and O–H groups in total. The fraction of sp³-hybridized carbons (Fsp3) is 0.214. The number of sulfonamides is 1. The van der Waals surface area contributed by atoms with Crippen molar-refractivity contribution in [2.24, 2.45) is 5.73 Å². The Morgan fingerprint density at radius 3 is 2.79 bits per heavy atom. The first-order chi connectivity index (χ1) is 11.3. The second-order valence-corrected chi connectivity index (χ2v) is 7.54. The Kier molecular flexibility index (Phi) is 4.24. The minimum Gasteiger partial charge on any atom is -0.363 e. The van der Waals surface area contributed by atoms with Gasteiger partial charge in [-0.15, -0.1) is 0 Å². The van der Waals surface area contributed by atoms with Gasteiger partial charge in [0, 0.05) is 12.7 Å². The van der Waals surface area contributed by atoms with Gasteiger partial charge in [-0.05, 0) is 30.2 Å². The monoisotopic (exact) mass is 370 g/mol. The van der Waals surface area contributed by atoms with Crippen LogP contribution in [0, 0.1) is 5.82 Å². The number of fused-ring (bicyclic) bond motifs is 1. The molecule has 126 valence electrons. The molecular formula is C14H12ClFN4O3S. The van der Waals surface area contributed by atoms with Crippen molar-refractivity contribution in [3.05, 3.63) is 52.3 Å². The zero-order valence-corrected chi connectivity index (χ0v) is 13.8. The molecule has 0 fully saturated rings. The van der Waals surface area contributed by atoms with Crippen molar-refractivity contribution in [1.82, 2.24) is 14.3 Å². The van der Waals surface area contributed by atoms with Gasteiger partial charge in [-0.2, -0.15) is 4.31 Å². The number of primary amides is 1. The summed E-state index contributed by atoms with van der Waals surface area (Å²) in [7, 11) is -3.87. The maximum absolute atomic E-state index is 13.2. The van der Waals surface area contributed by atoms with Crippen LogP contribution in [-0.4, -0.2) is 35.1 Å². The summed E-state index contributed by atoms with van der Waals surface area (Å²) < 4.78 is 39.8. The molecule has 0 bridgehead atoms. The molecule has 0 unspecified atom stereocenters. The number of aromatic nitrogens is 2. The normalized spacial score (nSPS) is 15.1. The molecule has 0 spiro atoms. The number of halogens is 2. The lowest BCUT2D eigenvalue weighted by Gasteiger charge is -2.27. The molecule has 1 amide bonds. The number of amides is 1. The Balaban J connectivity index is 1.95. The molecule has 10 heteroatoms. The van der Waals surface area contributed by atoms with Crippen LogP contribution >= 0.6 is 11.6 Å². The van der Waals surface area contributed by atoms with Gasteiger partial charge < -0.3 is 5.73 Å². The SMILES string of the molecule is NC(=O)c1ncc2c(n1)CN(S(=O)(=O)c1ccc(F)c(Cl)c1)CC2. The summed E-state index contributed by atoms with van der Waals surface area (Å²) in [5.74, 6) is -1.65. The van der Waals surface area contributed by atoms with E-state index >= 15 is 0 Å². The van der Waals surface area contributed by atoms with E-state index in [-0.39, 0.29) is 28.8 Å². The Bertz CT molecular complexity index is 936. The number of hydrogen-bond acceptors (Lipinski definition) is 5. The van der Waals surface area contributed by atoms with Crippen molar-refractivity contribution < 1.29 is 17.6 Å². The van der Waals surface area contributed by atoms with Crippen molar-refractivity contribution in [2.75, 3.05) is 6.54 Å². The largest absolute Gasteiger partial charge is 0.363 e. The molecule has 2 heterocycles. The van der Waals surface area contributed by atoms with Gasteiger partial charge in [-0.1, -0.05) is 11.6 Å². The minimum absolute atomic E-state index is 0.0323. The van der Waals surface area contributed by atoms with E-state index in [2.05, 4.69) is 9.97 Å². The topological polar surface area (TPSA) is 106 Å². The minimum atomic E-state index is -3.87. The molecule has 0 saturated heterocycles. The lowest BCUT2D eigenvalue weighted by atomic mass is 10.1. The Morgan fingerprint density at radius 1 is 1.38 bits per heavy atom. The molecule has 0 saturated carbocycles. The summed E-state index contributed by atoms with van der Waals surface area (Å²) in [6.07, 6.45) is 1.86. The summed E-state index contributed by atoms with van der Waals surface area (Å²) >= 11 is 5.67. The van der Waals surface area contributed by atoms with Crippen LogP contribution in [-0.2, 0) is 23.0 Å². The Labute approximate surface area is 142 Å². The van der Waals surface area contributed by atoms with E-state index in [1.54, 1.807) is 0 Å². The third-order valence-electron chi connectivity index (χ3n) is 3.66. The summed E-state index contributed by atoms with van der Waals surface area (Å²) in [4.78, 5) is 18.9. The highest BCUT2D eigenvalue weighted by Gasteiger charge is 2.30. The van der Waals surface area contributed by atoms with E-state index in [1.807, 2.05) is 0 Å². The summed E-state index contributed by atoms with van der Waals surface area (Å²) in [6.45, 7) is 0.180. The van der Waals surface area contributed by atoms with Gasteiger partial charge in [0.05, 0.1) is 22.2 Å². The maximum Gasteiger partial charge on any atom is 0.286 e. The van der Waals surface area contributed by atoms with Crippen LogP contribution < -0.4 is 5.73 Å². The molecule has 0 atom stereocenters. The van der Waals surface area contributed by atoms with Crippen LogP contribution in [0.15, 0.2) is 29.3 Å². The number of nitrogens with two attached hydrogens (primary N) is 1. The molecule has 7 nitrogen and oxygen atoms in total. The third kappa shape index (κ3) is 2.97. The van der Waals surface area contributed by atoms with E-state index < -0.39 is 21.7 Å². The van der Waals surface area contributed by atoms with Crippen LogP contribution in [0.1, 0.15) is 21.9 Å². The first-order valence-corrected chi connectivity index (χ1v) is 8.70. The highest BCUT2D eigenvalue weighted by atomic mass is 35.5. The molecule has 3 rings (SSSR count). The highest BCUT2D eigenvalue weighted by Crippen LogP contribution is 2.26. The number of carbonyl (C=O) groups excluding carboxylic acids is 1. The molecule has 24 heavy (non-hydrogen) atoms.